The molecule has 2 aromatic heterocycles. The maximum absolute atomic E-state index is 5.36. The Morgan fingerprint density at radius 2 is 1.76 bits per heavy atom. The van der Waals surface area contributed by atoms with E-state index in [9.17, 15) is 0 Å². The third-order valence-corrected chi connectivity index (χ3v) is 5.37. The fraction of sp³-hybridized carbons (Fsp3) is 0.316. The molecule has 3 aromatic rings. The number of hydrogen-bond donors (Lipinski definition) is 0. The fourth-order valence-corrected chi connectivity index (χ4v) is 3.73. The zero-order chi connectivity index (χ0) is 17.2. The molecule has 1 aliphatic heterocycles. The lowest BCUT2D eigenvalue weighted by Gasteiger charge is -2.26. The zero-order valence-corrected chi connectivity index (χ0v) is 15.2. The largest absolute Gasteiger partial charge is 0.378 e. The fourth-order valence-electron chi connectivity index (χ4n) is 2.78. The number of fused-ring (bicyclic) bond motifs is 1. The summed E-state index contributed by atoms with van der Waals surface area (Å²) in [6.45, 7) is 7.43. The van der Waals surface area contributed by atoms with E-state index < -0.39 is 0 Å². The quantitative estimate of drug-likeness (QED) is 0.719. The molecular weight excluding hydrogens is 332 g/mol. The van der Waals surface area contributed by atoms with E-state index in [1.54, 1.807) is 11.3 Å². The Kier molecular flexibility index (Phi) is 4.46. The Bertz CT molecular complexity index is 872. The molecule has 1 fully saturated rings. The predicted molar refractivity (Wildman–Crippen MR) is 103 cm³/mol. The maximum Gasteiger partial charge on any atom is 0.225 e. The van der Waals surface area contributed by atoms with E-state index in [2.05, 4.69) is 45.8 Å². The zero-order valence-electron chi connectivity index (χ0n) is 14.4. The van der Waals surface area contributed by atoms with Crippen molar-refractivity contribution in [3.8, 4) is 0 Å². The van der Waals surface area contributed by atoms with Crippen molar-refractivity contribution in [2.24, 2.45) is 0 Å². The van der Waals surface area contributed by atoms with Gasteiger partial charge in [0.25, 0.3) is 0 Å². The van der Waals surface area contributed by atoms with E-state index >= 15 is 0 Å². The summed E-state index contributed by atoms with van der Waals surface area (Å²) in [7, 11) is 0. The Morgan fingerprint density at radius 3 is 2.52 bits per heavy atom. The van der Waals surface area contributed by atoms with Gasteiger partial charge in [0.1, 0.15) is 5.01 Å². The molecule has 0 bridgehead atoms. The molecule has 0 spiro atoms. The number of aromatic nitrogens is 3. The van der Waals surface area contributed by atoms with Crippen LogP contribution in [0.2, 0.25) is 0 Å². The molecule has 0 saturated carbocycles. The van der Waals surface area contributed by atoms with Crippen LogP contribution >= 0.6 is 11.3 Å². The SMILES string of the molecule is Cc1cc2nc(/C=C/c3cnc(N4CCOCC4)nc3)sc2cc1C. The highest BCUT2D eigenvalue weighted by Gasteiger charge is 2.13. The Hall–Kier alpha value is -2.31. The lowest BCUT2D eigenvalue weighted by molar-refractivity contribution is 0.122. The first kappa shape index (κ1) is 16.2. The summed E-state index contributed by atoms with van der Waals surface area (Å²) in [6.07, 6.45) is 7.76. The minimum Gasteiger partial charge on any atom is -0.378 e. The molecule has 3 heterocycles. The second-order valence-electron chi connectivity index (χ2n) is 6.21. The van der Waals surface area contributed by atoms with Crippen molar-refractivity contribution in [2.75, 3.05) is 31.2 Å². The van der Waals surface area contributed by atoms with Crippen LogP contribution in [0.15, 0.2) is 24.5 Å². The highest BCUT2D eigenvalue weighted by molar-refractivity contribution is 7.19. The number of thiazole rings is 1. The first-order valence-corrected chi connectivity index (χ1v) is 9.21. The van der Waals surface area contributed by atoms with Gasteiger partial charge in [-0.3, -0.25) is 0 Å². The van der Waals surface area contributed by atoms with Crippen LogP contribution < -0.4 is 4.90 Å². The van der Waals surface area contributed by atoms with E-state index in [-0.39, 0.29) is 0 Å². The van der Waals surface area contributed by atoms with E-state index in [0.717, 1.165) is 48.3 Å². The van der Waals surface area contributed by atoms with Crippen molar-refractivity contribution in [3.63, 3.8) is 0 Å². The van der Waals surface area contributed by atoms with Crippen molar-refractivity contribution < 1.29 is 4.74 Å². The maximum atomic E-state index is 5.36. The second-order valence-corrected chi connectivity index (χ2v) is 7.27. The summed E-state index contributed by atoms with van der Waals surface area (Å²) in [6, 6.07) is 4.36. The predicted octanol–water partition coefficient (Wildman–Crippen LogP) is 3.71. The van der Waals surface area contributed by atoms with Crippen LogP contribution in [-0.4, -0.2) is 41.3 Å². The van der Waals surface area contributed by atoms with Crippen LogP contribution in [0.3, 0.4) is 0 Å². The van der Waals surface area contributed by atoms with Crippen LogP contribution in [-0.2, 0) is 4.74 Å². The summed E-state index contributed by atoms with van der Waals surface area (Å²) in [4.78, 5) is 15.8. The van der Waals surface area contributed by atoms with Crippen LogP contribution in [0, 0.1) is 13.8 Å². The molecule has 1 aromatic carbocycles. The van der Waals surface area contributed by atoms with E-state index in [4.69, 9.17) is 4.74 Å². The smallest absolute Gasteiger partial charge is 0.225 e. The molecule has 0 atom stereocenters. The summed E-state index contributed by atoms with van der Waals surface area (Å²) in [5.74, 6) is 0.770. The molecule has 1 saturated heterocycles. The van der Waals surface area contributed by atoms with Gasteiger partial charge < -0.3 is 9.64 Å². The standard InChI is InChI=1S/C19H20N4OS/c1-13-9-16-17(10-14(13)2)25-18(22-16)4-3-15-11-20-19(21-12-15)23-5-7-24-8-6-23/h3-4,9-12H,5-8H2,1-2H3/b4-3+. The number of ether oxygens (including phenoxy) is 1. The van der Waals surface area contributed by atoms with E-state index in [1.807, 2.05) is 24.5 Å². The van der Waals surface area contributed by atoms with E-state index in [1.165, 1.54) is 15.8 Å². The highest BCUT2D eigenvalue weighted by atomic mass is 32.1. The number of hydrogen-bond acceptors (Lipinski definition) is 6. The monoisotopic (exact) mass is 352 g/mol. The summed E-state index contributed by atoms with van der Waals surface area (Å²) in [5, 5.41) is 0.997. The van der Waals surface area contributed by atoms with Crippen molar-refractivity contribution in [3.05, 3.63) is 46.2 Å². The van der Waals surface area contributed by atoms with Gasteiger partial charge in [0.2, 0.25) is 5.95 Å². The van der Waals surface area contributed by atoms with Gasteiger partial charge in [-0.05, 0) is 49.3 Å². The Morgan fingerprint density at radius 1 is 1.04 bits per heavy atom. The number of anilines is 1. The van der Waals surface area contributed by atoms with Gasteiger partial charge in [-0.25, -0.2) is 15.0 Å². The van der Waals surface area contributed by atoms with Gasteiger partial charge in [-0.2, -0.15) is 0 Å². The van der Waals surface area contributed by atoms with Gasteiger partial charge in [0.15, 0.2) is 0 Å². The molecule has 6 heteroatoms. The molecule has 1 aliphatic rings. The number of benzene rings is 1. The minimum atomic E-state index is 0.738. The summed E-state index contributed by atoms with van der Waals surface area (Å²) < 4.78 is 6.58. The molecule has 5 nitrogen and oxygen atoms in total. The summed E-state index contributed by atoms with van der Waals surface area (Å²) in [5.41, 5.74) is 4.62. The molecule has 128 valence electrons. The topological polar surface area (TPSA) is 51.1 Å². The lowest BCUT2D eigenvalue weighted by Crippen LogP contribution is -2.37. The van der Waals surface area contributed by atoms with Gasteiger partial charge in [0.05, 0.1) is 23.4 Å². The van der Waals surface area contributed by atoms with Crippen molar-refractivity contribution in [1.29, 1.82) is 0 Å². The summed E-state index contributed by atoms with van der Waals surface area (Å²) >= 11 is 1.70. The first-order valence-electron chi connectivity index (χ1n) is 8.40. The number of aryl methyl sites for hydroxylation is 2. The number of rotatable bonds is 3. The van der Waals surface area contributed by atoms with Crippen molar-refractivity contribution in [2.45, 2.75) is 13.8 Å². The van der Waals surface area contributed by atoms with Crippen molar-refractivity contribution >= 4 is 39.7 Å². The third-order valence-electron chi connectivity index (χ3n) is 4.39. The third kappa shape index (κ3) is 3.55. The molecular formula is C19H20N4OS. The van der Waals surface area contributed by atoms with Crippen LogP contribution in [0.4, 0.5) is 5.95 Å². The molecule has 0 radical (unpaired) electrons. The number of morpholine rings is 1. The van der Waals surface area contributed by atoms with Gasteiger partial charge in [-0.1, -0.05) is 0 Å². The lowest BCUT2D eigenvalue weighted by atomic mass is 10.1. The molecule has 0 aliphatic carbocycles. The molecule has 0 amide bonds. The van der Waals surface area contributed by atoms with Crippen LogP contribution in [0.1, 0.15) is 21.7 Å². The normalized spacial score (nSPS) is 15.4. The second kappa shape index (κ2) is 6.90. The van der Waals surface area contributed by atoms with Crippen LogP contribution in [0.25, 0.3) is 22.4 Å². The highest BCUT2D eigenvalue weighted by Crippen LogP contribution is 2.26. The average Bonchev–Trinajstić information content (AvgIpc) is 3.03. The molecule has 0 N–H and O–H groups in total. The molecule has 4 rings (SSSR count). The first-order chi connectivity index (χ1) is 12.2. The Balaban J connectivity index is 1.51. The van der Waals surface area contributed by atoms with Gasteiger partial charge in [-0.15, -0.1) is 11.3 Å². The van der Waals surface area contributed by atoms with Gasteiger partial charge >= 0.3 is 0 Å². The minimum absolute atomic E-state index is 0.738. The van der Waals surface area contributed by atoms with E-state index in [0.29, 0.717) is 0 Å². The number of nitrogens with zero attached hydrogens (tertiary/aromatic N) is 4. The Labute approximate surface area is 151 Å². The van der Waals surface area contributed by atoms with Crippen molar-refractivity contribution in [1.82, 2.24) is 15.0 Å². The average molecular weight is 352 g/mol. The van der Waals surface area contributed by atoms with Crippen LogP contribution in [0.5, 0.6) is 0 Å². The van der Waals surface area contributed by atoms with Gasteiger partial charge in [0, 0.05) is 31.0 Å². The molecule has 0 unspecified atom stereocenters. The molecule has 25 heavy (non-hydrogen) atoms.